The van der Waals surface area contributed by atoms with Crippen LogP contribution in [0.1, 0.15) is 35.7 Å². The monoisotopic (exact) mass is 213 g/mol. The van der Waals surface area contributed by atoms with E-state index in [2.05, 4.69) is 6.07 Å². The summed E-state index contributed by atoms with van der Waals surface area (Å²) in [5, 5.41) is 8.72. The van der Waals surface area contributed by atoms with Crippen molar-refractivity contribution in [3.8, 4) is 6.07 Å². The highest BCUT2D eigenvalue weighted by atomic mass is 16.1. The Morgan fingerprint density at radius 1 is 1.44 bits per heavy atom. The van der Waals surface area contributed by atoms with E-state index in [1.807, 2.05) is 31.2 Å². The summed E-state index contributed by atoms with van der Waals surface area (Å²) < 4.78 is 0. The largest absolute Gasteiger partial charge is 0.294 e. The van der Waals surface area contributed by atoms with Crippen LogP contribution in [-0.4, -0.2) is 5.78 Å². The maximum Gasteiger partial charge on any atom is 0.165 e. The molecule has 2 heteroatoms. The molecule has 2 nitrogen and oxygen atoms in total. The number of carbonyl (C=O) groups is 1. The predicted octanol–water partition coefficient (Wildman–Crippen LogP) is 2.98. The SMILES string of the molecule is CC(C#N)Cc1ccc(C(=O)C2CC2)cc1. The third kappa shape index (κ3) is 2.49. The summed E-state index contributed by atoms with van der Waals surface area (Å²) in [6.07, 6.45) is 2.85. The van der Waals surface area contributed by atoms with E-state index in [0.29, 0.717) is 0 Å². The molecule has 1 aliphatic carbocycles. The van der Waals surface area contributed by atoms with E-state index in [1.165, 1.54) is 0 Å². The lowest BCUT2D eigenvalue weighted by Crippen LogP contribution is -2.02. The third-order valence-electron chi connectivity index (χ3n) is 2.95. The number of hydrogen-bond donors (Lipinski definition) is 0. The Bertz CT molecular complexity index is 423. The minimum atomic E-state index is 0.0324. The average Bonchev–Trinajstić information content (AvgIpc) is 3.13. The summed E-state index contributed by atoms with van der Waals surface area (Å²) in [5.41, 5.74) is 1.94. The Kier molecular flexibility index (Phi) is 3.05. The van der Waals surface area contributed by atoms with Gasteiger partial charge in [-0.05, 0) is 31.7 Å². The molecule has 0 amide bonds. The number of benzene rings is 1. The lowest BCUT2D eigenvalue weighted by molar-refractivity contribution is 0.0967. The van der Waals surface area contributed by atoms with E-state index in [1.54, 1.807) is 0 Å². The predicted molar refractivity (Wildman–Crippen MR) is 62.0 cm³/mol. The Balaban J connectivity index is 2.04. The van der Waals surface area contributed by atoms with Crippen LogP contribution in [0, 0.1) is 23.2 Å². The van der Waals surface area contributed by atoms with Crippen molar-refractivity contribution in [2.24, 2.45) is 11.8 Å². The molecule has 0 spiro atoms. The van der Waals surface area contributed by atoms with Gasteiger partial charge in [0.15, 0.2) is 5.78 Å². The third-order valence-corrected chi connectivity index (χ3v) is 2.95. The molecule has 0 saturated heterocycles. The molecular formula is C14H15NO. The summed E-state index contributed by atoms with van der Waals surface area (Å²) in [6.45, 7) is 1.91. The maximum atomic E-state index is 11.7. The molecule has 1 unspecified atom stereocenters. The van der Waals surface area contributed by atoms with Crippen molar-refractivity contribution in [1.29, 1.82) is 5.26 Å². The fourth-order valence-electron chi connectivity index (χ4n) is 1.79. The van der Waals surface area contributed by atoms with Gasteiger partial charge in [-0.2, -0.15) is 5.26 Å². The molecule has 1 atom stereocenters. The molecule has 0 aromatic heterocycles. The lowest BCUT2D eigenvalue weighted by Gasteiger charge is -2.04. The van der Waals surface area contributed by atoms with Crippen molar-refractivity contribution >= 4 is 5.78 Å². The summed E-state index contributed by atoms with van der Waals surface area (Å²) in [6, 6.07) is 9.91. The van der Waals surface area contributed by atoms with Gasteiger partial charge in [-0.1, -0.05) is 24.3 Å². The molecule has 0 aliphatic heterocycles. The van der Waals surface area contributed by atoms with Crippen LogP contribution in [0.3, 0.4) is 0 Å². The number of carbonyl (C=O) groups excluding carboxylic acids is 1. The second-order valence-electron chi connectivity index (χ2n) is 4.57. The van der Waals surface area contributed by atoms with E-state index in [9.17, 15) is 4.79 Å². The first-order valence-corrected chi connectivity index (χ1v) is 5.73. The summed E-state index contributed by atoms with van der Waals surface area (Å²) in [4.78, 5) is 11.7. The Hall–Kier alpha value is -1.62. The maximum absolute atomic E-state index is 11.7. The number of nitriles is 1. The van der Waals surface area contributed by atoms with Gasteiger partial charge < -0.3 is 0 Å². The number of Topliss-reactive ketones (excluding diaryl/α,β-unsaturated/α-hetero) is 1. The van der Waals surface area contributed by atoms with Gasteiger partial charge in [0, 0.05) is 17.4 Å². The van der Waals surface area contributed by atoms with Gasteiger partial charge in [-0.15, -0.1) is 0 Å². The number of rotatable bonds is 4. The van der Waals surface area contributed by atoms with Crippen molar-refractivity contribution in [2.75, 3.05) is 0 Å². The highest BCUT2D eigenvalue weighted by molar-refractivity contribution is 5.99. The fraction of sp³-hybridized carbons (Fsp3) is 0.429. The summed E-state index contributed by atoms with van der Waals surface area (Å²) in [7, 11) is 0. The van der Waals surface area contributed by atoms with Crippen LogP contribution in [0.5, 0.6) is 0 Å². The molecule has 1 fully saturated rings. The highest BCUT2D eigenvalue weighted by Crippen LogP contribution is 2.32. The second kappa shape index (κ2) is 4.49. The molecule has 0 bridgehead atoms. The van der Waals surface area contributed by atoms with Gasteiger partial charge in [-0.25, -0.2) is 0 Å². The van der Waals surface area contributed by atoms with Gasteiger partial charge in [0.25, 0.3) is 0 Å². The van der Waals surface area contributed by atoms with E-state index in [0.717, 1.165) is 30.4 Å². The van der Waals surface area contributed by atoms with Gasteiger partial charge in [0.1, 0.15) is 0 Å². The first-order valence-electron chi connectivity index (χ1n) is 5.73. The average molecular weight is 213 g/mol. The first kappa shape index (κ1) is 10.9. The van der Waals surface area contributed by atoms with Crippen LogP contribution in [-0.2, 0) is 6.42 Å². The number of ketones is 1. The minimum absolute atomic E-state index is 0.0324. The van der Waals surface area contributed by atoms with E-state index in [4.69, 9.17) is 5.26 Å². The number of nitrogens with zero attached hydrogens (tertiary/aromatic N) is 1. The van der Waals surface area contributed by atoms with Crippen LogP contribution in [0.2, 0.25) is 0 Å². The van der Waals surface area contributed by atoms with Crippen LogP contribution >= 0.6 is 0 Å². The Labute approximate surface area is 95.9 Å². The van der Waals surface area contributed by atoms with Gasteiger partial charge in [0.05, 0.1) is 6.07 Å². The topological polar surface area (TPSA) is 40.9 Å². The van der Waals surface area contributed by atoms with Gasteiger partial charge >= 0.3 is 0 Å². The van der Waals surface area contributed by atoms with Crippen LogP contribution in [0.4, 0.5) is 0 Å². The highest BCUT2D eigenvalue weighted by Gasteiger charge is 2.30. The zero-order valence-corrected chi connectivity index (χ0v) is 9.44. The molecule has 0 radical (unpaired) electrons. The number of hydrogen-bond acceptors (Lipinski definition) is 2. The van der Waals surface area contributed by atoms with E-state index >= 15 is 0 Å². The molecule has 1 aromatic rings. The molecule has 0 N–H and O–H groups in total. The Morgan fingerprint density at radius 3 is 2.56 bits per heavy atom. The Morgan fingerprint density at radius 2 is 2.06 bits per heavy atom. The second-order valence-corrected chi connectivity index (χ2v) is 4.57. The standard InChI is InChI=1S/C14H15NO/c1-10(9-15)8-11-2-4-12(5-3-11)14(16)13-6-7-13/h2-5,10,13H,6-8H2,1H3. The summed E-state index contributed by atoms with van der Waals surface area (Å²) >= 11 is 0. The van der Waals surface area contributed by atoms with Crippen molar-refractivity contribution in [3.63, 3.8) is 0 Å². The molecule has 2 rings (SSSR count). The molecule has 82 valence electrons. The van der Waals surface area contributed by atoms with E-state index in [-0.39, 0.29) is 17.6 Å². The zero-order valence-electron chi connectivity index (χ0n) is 9.44. The van der Waals surface area contributed by atoms with Crippen molar-refractivity contribution < 1.29 is 4.79 Å². The summed E-state index contributed by atoms with van der Waals surface area (Å²) in [5.74, 6) is 0.591. The molecule has 1 aromatic carbocycles. The van der Waals surface area contributed by atoms with Crippen LogP contribution in [0.25, 0.3) is 0 Å². The molecule has 1 aliphatic rings. The van der Waals surface area contributed by atoms with Crippen molar-refractivity contribution in [1.82, 2.24) is 0 Å². The molecule has 16 heavy (non-hydrogen) atoms. The molecule has 0 heterocycles. The molecule has 1 saturated carbocycles. The van der Waals surface area contributed by atoms with Crippen LogP contribution in [0.15, 0.2) is 24.3 Å². The van der Waals surface area contributed by atoms with Gasteiger partial charge in [-0.3, -0.25) is 4.79 Å². The normalized spacial score (nSPS) is 16.5. The lowest BCUT2D eigenvalue weighted by atomic mass is 9.99. The van der Waals surface area contributed by atoms with Crippen LogP contribution < -0.4 is 0 Å². The first-order chi connectivity index (χ1) is 7.70. The fourth-order valence-corrected chi connectivity index (χ4v) is 1.79. The van der Waals surface area contributed by atoms with E-state index < -0.39 is 0 Å². The van der Waals surface area contributed by atoms with Crippen molar-refractivity contribution in [2.45, 2.75) is 26.2 Å². The van der Waals surface area contributed by atoms with Crippen molar-refractivity contribution in [3.05, 3.63) is 35.4 Å². The molecular weight excluding hydrogens is 198 g/mol. The van der Waals surface area contributed by atoms with Gasteiger partial charge in [0.2, 0.25) is 0 Å². The minimum Gasteiger partial charge on any atom is -0.294 e. The quantitative estimate of drug-likeness (QED) is 0.721. The zero-order chi connectivity index (χ0) is 11.5. The smallest absolute Gasteiger partial charge is 0.165 e.